The molecule has 2 heterocycles. The van der Waals surface area contributed by atoms with Gasteiger partial charge in [-0.1, -0.05) is 6.07 Å². The molecule has 22 heavy (non-hydrogen) atoms. The highest BCUT2D eigenvalue weighted by atomic mass is 32.1. The molecule has 0 bridgehead atoms. The van der Waals surface area contributed by atoms with Crippen molar-refractivity contribution in [2.75, 3.05) is 20.3 Å². The number of methoxy groups -OCH3 is 1. The highest BCUT2D eigenvalue weighted by Gasteiger charge is 2.26. The monoisotopic (exact) mass is 322 g/mol. The van der Waals surface area contributed by atoms with E-state index in [0.29, 0.717) is 19.7 Å². The number of amides is 1. The van der Waals surface area contributed by atoms with Crippen LogP contribution in [0.4, 0.5) is 0 Å². The standard InChI is InChI=1S/C15H22N4O2S/c1-10-13(11(2)18-17-10)14(16)15(20)19(6-7-21-3)9-12-5-4-8-22-12/h4-5,8,14H,6-7,9,16H2,1-3H3,(H,17,18). The summed E-state index contributed by atoms with van der Waals surface area (Å²) in [7, 11) is 1.62. The number of nitrogens with one attached hydrogen (secondary N) is 1. The van der Waals surface area contributed by atoms with Gasteiger partial charge in [-0.3, -0.25) is 9.89 Å². The van der Waals surface area contributed by atoms with Crippen molar-refractivity contribution in [1.29, 1.82) is 0 Å². The summed E-state index contributed by atoms with van der Waals surface area (Å²) in [5.41, 5.74) is 8.57. The first-order chi connectivity index (χ1) is 10.5. The van der Waals surface area contributed by atoms with Gasteiger partial charge in [-0.05, 0) is 25.3 Å². The smallest absolute Gasteiger partial charge is 0.244 e. The van der Waals surface area contributed by atoms with E-state index in [2.05, 4.69) is 10.2 Å². The first-order valence-corrected chi connectivity index (χ1v) is 7.99. The molecule has 0 saturated carbocycles. The lowest BCUT2D eigenvalue weighted by molar-refractivity contribution is -0.134. The Bertz CT molecular complexity index is 590. The molecule has 0 aliphatic rings. The number of aryl methyl sites for hydroxylation is 2. The first kappa shape index (κ1) is 16.7. The molecule has 0 fully saturated rings. The number of aromatic nitrogens is 2. The molecule has 0 saturated heterocycles. The minimum atomic E-state index is -0.712. The minimum absolute atomic E-state index is 0.113. The third kappa shape index (κ3) is 3.73. The second-order valence-electron chi connectivity index (χ2n) is 5.16. The van der Waals surface area contributed by atoms with Gasteiger partial charge in [-0.25, -0.2) is 0 Å². The zero-order chi connectivity index (χ0) is 16.1. The van der Waals surface area contributed by atoms with Crippen molar-refractivity contribution in [3.8, 4) is 0 Å². The van der Waals surface area contributed by atoms with Gasteiger partial charge in [0.2, 0.25) is 5.91 Å². The maximum atomic E-state index is 12.8. The summed E-state index contributed by atoms with van der Waals surface area (Å²) < 4.78 is 5.11. The zero-order valence-corrected chi connectivity index (χ0v) is 13.9. The SMILES string of the molecule is COCCN(Cc1cccs1)C(=O)C(N)c1c(C)n[nH]c1C. The molecule has 120 valence electrons. The quantitative estimate of drug-likeness (QED) is 0.813. The number of aromatic amines is 1. The lowest BCUT2D eigenvalue weighted by Gasteiger charge is -2.25. The topological polar surface area (TPSA) is 84.2 Å². The first-order valence-electron chi connectivity index (χ1n) is 7.11. The molecule has 1 atom stereocenters. The van der Waals surface area contributed by atoms with Gasteiger partial charge in [0.25, 0.3) is 0 Å². The average Bonchev–Trinajstić information content (AvgIpc) is 3.12. The minimum Gasteiger partial charge on any atom is -0.383 e. The Morgan fingerprint density at radius 3 is 2.86 bits per heavy atom. The lowest BCUT2D eigenvalue weighted by atomic mass is 10.0. The van der Waals surface area contributed by atoms with Gasteiger partial charge in [0, 0.05) is 29.8 Å². The number of carbonyl (C=O) groups is 1. The highest BCUT2D eigenvalue weighted by molar-refractivity contribution is 7.09. The fraction of sp³-hybridized carbons (Fsp3) is 0.467. The summed E-state index contributed by atoms with van der Waals surface area (Å²) in [5.74, 6) is -0.113. The molecule has 0 aromatic carbocycles. The second kappa shape index (κ2) is 7.53. The summed E-state index contributed by atoms with van der Waals surface area (Å²) in [6, 6.07) is 3.27. The number of hydrogen-bond acceptors (Lipinski definition) is 5. The number of carbonyl (C=O) groups excluding carboxylic acids is 1. The molecule has 0 spiro atoms. The van der Waals surface area contributed by atoms with Crippen molar-refractivity contribution in [3.05, 3.63) is 39.3 Å². The van der Waals surface area contributed by atoms with Crippen LogP contribution in [-0.2, 0) is 16.1 Å². The van der Waals surface area contributed by atoms with Crippen LogP contribution >= 0.6 is 11.3 Å². The van der Waals surface area contributed by atoms with E-state index >= 15 is 0 Å². The van der Waals surface area contributed by atoms with Crippen LogP contribution in [-0.4, -0.2) is 41.3 Å². The summed E-state index contributed by atoms with van der Waals surface area (Å²) in [6.07, 6.45) is 0. The summed E-state index contributed by atoms with van der Waals surface area (Å²) in [6.45, 7) is 5.26. The van der Waals surface area contributed by atoms with Crippen molar-refractivity contribution in [2.24, 2.45) is 5.73 Å². The van der Waals surface area contributed by atoms with E-state index in [-0.39, 0.29) is 5.91 Å². The fourth-order valence-electron chi connectivity index (χ4n) is 2.40. The molecular weight excluding hydrogens is 300 g/mol. The largest absolute Gasteiger partial charge is 0.383 e. The van der Waals surface area contributed by atoms with Crippen molar-refractivity contribution in [1.82, 2.24) is 15.1 Å². The van der Waals surface area contributed by atoms with Crippen LogP contribution in [0.15, 0.2) is 17.5 Å². The van der Waals surface area contributed by atoms with Crippen LogP contribution in [0.25, 0.3) is 0 Å². The van der Waals surface area contributed by atoms with E-state index in [1.165, 1.54) is 0 Å². The van der Waals surface area contributed by atoms with Crippen LogP contribution in [0, 0.1) is 13.8 Å². The van der Waals surface area contributed by atoms with Crippen LogP contribution in [0.2, 0.25) is 0 Å². The van der Waals surface area contributed by atoms with Gasteiger partial charge in [0.1, 0.15) is 6.04 Å². The molecule has 2 aromatic heterocycles. The molecule has 3 N–H and O–H groups in total. The van der Waals surface area contributed by atoms with E-state index in [1.807, 2.05) is 31.4 Å². The van der Waals surface area contributed by atoms with Gasteiger partial charge >= 0.3 is 0 Å². The van der Waals surface area contributed by atoms with Gasteiger partial charge in [-0.15, -0.1) is 11.3 Å². The van der Waals surface area contributed by atoms with Crippen LogP contribution < -0.4 is 5.73 Å². The lowest BCUT2D eigenvalue weighted by Crippen LogP contribution is -2.40. The zero-order valence-electron chi connectivity index (χ0n) is 13.1. The molecule has 2 aromatic rings. The Hall–Kier alpha value is -1.70. The summed E-state index contributed by atoms with van der Waals surface area (Å²) >= 11 is 1.62. The van der Waals surface area contributed by atoms with E-state index in [1.54, 1.807) is 23.3 Å². The Labute approximate surface area is 134 Å². The highest BCUT2D eigenvalue weighted by Crippen LogP contribution is 2.21. The van der Waals surface area contributed by atoms with Crippen LogP contribution in [0.5, 0.6) is 0 Å². The molecule has 1 amide bonds. The van der Waals surface area contributed by atoms with Gasteiger partial charge < -0.3 is 15.4 Å². The van der Waals surface area contributed by atoms with Gasteiger partial charge in [-0.2, -0.15) is 5.10 Å². The van der Waals surface area contributed by atoms with Crippen molar-refractivity contribution in [3.63, 3.8) is 0 Å². The molecule has 6 nitrogen and oxygen atoms in total. The number of rotatable bonds is 7. The van der Waals surface area contributed by atoms with E-state index in [0.717, 1.165) is 21.8 Å². The number of ether oxygens (including phenoxy) is 1. The predicted molar refractivity (Wildman–Crippen MR) is 86.6 cm³/mol. The number of H-pyrrole nitrogens is 1. The summed E-state index contributed by atoms with van der Waals surface area (Å²) in [4.78, 5) is 15.7. The molecule has 0 radical (unpaired) electrons. The molecule has 2 rings (SSSR count). The number of nitrogens with two attached hydrogens (primary N) is 1. The number of hydrogen-bond donors (Lipinski definition) is 2. The molecular formula is C15H22N4O2S. The maximum Gasteiger partial charge on any atom is 0.244 e. The molecule has 0 aliphatic carbocycles. The van der Waals surface area contributed by atoms with Crippen LogP contribution in [0.1, 0.15) is 27.9 Å². The Balaban J connectivity index is 2.17. The number of nitrogens with zero attached hydrogens (tertiary/aromatic N) is 2. The van der Waals surface area contributed by atoms with E-state index in [4.69, 9.17) is 10.5 Å². The Morgan fingerprint density at radius 2 is 2.32 bits per heavy atom. The Kier molecular flexibility index (Phi) is 5.70. The van der Waals surface area contributed by atoms with Gasteiger partial charge in [0.05, 0.1) is 18.8 Å². The van der Waals surface area contributed by atoms with E-state index < -0.39 is 6.04 Å². The number of thiophene rings is 1. The second-order valence-corrected chi connectivity index (χ2v) is 6.19. The fourth-order valence-corrected chi connectivity index (χ4v) is 3.12. The maximum absolute atomic E-state index is 12.8. The third-order valence-corrected chi connectivity index (χ3v) is 4.43. The average molecular weight is 322 g/mol. The van der Waals surface area contributed by atoms with E-state index in [9.17, 15) is 4.79 Å². The molecule has 0 aliphatic heterocycles. The Morgan fingerprint density at radius 1 is 1.55 bits per heavy atom. The molecule has 7 heteroatoms. The normalized spacial score (nSPS) is 12.4. The molecule has 1 unspecified atom stereocenters. The van der Waals surface area contributed by atoms with Crippen molar-refractivity contribution >= 4 is 17.2 Å². The third-order valence-electron chi connectivity index (χ3n) is 3.57. The van der Waals surface area contributed by atoms with Gasteiger partial charge in [0.15, 0.2) is 0 Å². The summed E-state index contributed by atoms with van der Waals surface area (Å²) in [5, 5.41) is 8.99. The van der Waals surface area contributed by atoms with Crippen molar-refractivity contribution < 1.29 is 9.53 Å². The van der Waals surface area contributed by atoms with Crippen LogP contribution in [0.3, 0.4) is 0 Å². The predicted octanol–water partition coefficient (Wildman–Crippen LogP) is 1.76. The van der Waals surface area contributed by atoms with Crippen molar-refractivity contribution in [2.45, 2.75) is 26.4 Å².